The van der Waals surface area contributed by atoms with E-state index in [1.165, 1.54) is 0 Å². The Balaban J connectivity index is 1.92. The second-order valence-electron chi connectivity index (χ2n) is 7.74. The monoisotopic (exact) mass is 376 g/mol. The summed E-state index contributed by atoms with van der Waals surface area (Å²) in [7, 11) is 0. The number of nitrogens with zero attached hydrogens (tertiary/aromatic N) is 2. The molecule has 1 aromatic rings. The van der Waals surface area contributed by atoms with Gasteiger partial charge in [0, 0.05) is 54.0 Å². The minimum Gasteiger partial charge on any atom is -0.336 e. The molecule has 1 amide bonds. The number of carbonyl (C=O) groups is 3. The SMILES string of the molecule is CCCC/C(=C\C1=C([3CH3])C(=O)c2ccccc2C1=O)C(=O)N1CCN(C[3CH3])CC1. The van der Waals surface area contributed by atoms with Gasteiger partial charge in [-0.3, -0.25) is 14.4 Å². The van der Waals surface area contributed by atoms with E-state index in [1.54, 1.807) is 37.3 Å². The highest BCUT2D eigenvalue weighted by molar-refractivity contribution is 6.28. The summed E-state index contributed by atoms with van der Waals surface area (Å²) in [5, 5.41) is 0. The van der Waals surface area contributed by atoms with Crippen LogP contribution in [0.2, 0.25) is 0 Å². The van der Waals surface area contributed by atoms with Gasteiger partial charge in [-0.25, -0.2) is 0 Å². The van der Waals surface area contributed by atoms with E-state index >= 15 is 0 Å². The Morgan fingerprint density at radius 1 is 1.07 bits per heavy atom. The van der Waals surface area contributed by atoms with Crippen LogP contribution < -0.4 is 0 Å². The van der Waals surface area contributed by atoms with Gasteiger partial charge in [0.1, 0.15) is 0 Å². The van der Waals surface area contributed by atoms with Gasteiger partial charge < -0.3 is 9.80 Å². The molecule has 1 aromatic carbocycles. The lowest BCUT2D eigenvalue weighted by Crippen LogP contribution is -2.48. The number of carbonyl (C=O) groups excluding carboxylic acids is 3. The molecule has 1 fully saturated rings. The number of amides is 1. The maximum absolute atomic E-state index is 13.2. The number of Topliss-reactive ketones (excluding diaryl/α,β-unsaturated/α-hetero) is 2. The molecule has 0 radical (unpaired) electrons. The van der Waals surface area contributed by atoms with E-state index in [9.17, 15) is 14.4 Å². The van der Waals surface area contributed by atoms with Crippen LogP contribution in [0.3, 0.4) is 0 Å². The van der Waals surface area contributed by atoms with E-state index in [0.29, 0.717) is 47.4 Å². The standard InChI is InChI=1S/C24H30N2O3/c1-4-6-9-18(24(29)26-14-12-25(5-2)13-15-26)16-21-17(3)22(27)19-10-7-8-11-20(19)23(21)28/h7-8,10-11,16H,4-6,9,12-15H2,1-3H3/b18-16+/i2-9,3-9. The van der Waals surface area contributed by atoms with Gasteiger partial charge in [-0.1, -0.05) is 44.5 Å². The van der Waals surface area contributed by atoms with Gasteiger partial charge in [0.05, 0.1) is 0 Å². The molecular weight excluding hydrogens is 346 g/mol. The van der Waals surface area contributed by atoms with Crippen LogP contribution in [-0.4, -0.2) is 60.0 Å². The Bertz CT molecular complexity index is 874. The van der Waals surface area contributed by atoms with Crippen molar-refractivity contribution in [3.63, 3.8) is 0 Å². The van der Waals surface area contributed by atoms with Crippen LogP contribution in [0.25, 0.3) is 0 Å². The molecule has 5 heteroatoms. The van der Waals surface area contributed by atoms with E-state index in [4.69, 9.17) is 0 Å². The first-order chi connectivity index (χ1) is 14.0. The molecule has 0 spiro atoms. The van der Waals surface area contributed by atoms with Gasteiger partial charge in [-0.2, -0.15) is 0 Å². The highest BCUT2D eigenvalue weighted by atomic mass is 16.2. The van der Waals surface area contributed by atoms with Crippen molar-refractivity contribution in [2.75, 3.05) is 32.7 Å². The van der Waals surface area contributed by atoms with Crippen LogP contribution in [0.1, 0.15) is 60.7 Å². The minimum atomic E-state index is -0.171. The molecule has 0 N–H and O–H groups in total. The second-order valence-corrected chi connectivity index (χ2v) is 7.74. The molecule has 0 atom stereocenters. The minimum absolute atomic E-state index is 0.00592. The Labute approximate surface area is 173 Å². The lowest BCUT2D eigenvalue weighted by atomic mass is 2.89. The van der Waals surface area contributed by atoms with Crippen LogP contribution in [0.15, 0.2) is 47.1 Å². The summed E-state index contributed by atoms with van der Waals surface area (Å²) in [4.78, 5) is 43.3. The number of benzene rings is 1. The van der Waals surface area contributed by atoms with Crippen molar-refractivity contribution in [2.24, 2.45) is 0 Å². The Morgan fingerprint density at radius 3 is 2.28 bits per heavy atom. The fraction of sp³-hybridized carbons (Fsp3) is 0.458. The molecular formula is C24H30N2O3. The predicted octanol–water partition coefficient (Wildman–Crippen LogP) is 3.66. The third-order valence-electron chi connectivity index (χ3n) is 5.91. The molecule has 2 aliphatic rings. The molecule has 0 bridgehead atoms. The summed E-state index contributed by atoms with van der Waals surface area (Å²) < 4.78 is 0. The summed E-state index contributed by atoms with van der Waals surface area (Å²) in [6.07, 6.45) is 4.14. The molecule has 154 valence electrons. The van der Waals surface area contributed by atoms with E-state index < -0.39 is 0 Å². The Kier molecular flexibility index (Phi) is 6.80. The number of hydrogen-bond acceptors (Lipinski definition) is 4. The predicted molar refractivity (Wildman–Crippen MR) is 114 cm³/mol. The van der Waals surface area contributed by atoms with E-state index in [1.807, 2.05) is 4.90 Å². The molecule has 29 heavy (non-hydrogen) atoms. The normalized spacial score (nSPS) is 18.3. The van der Waals surface area contributed by atoms with Crippen LogP contribution in [-0.2, 0) is 4.79 Å². The van der Waals surface area contributed by atoms with Gasteiger partial charge in [0.2, 0.25) is 5.91 Å². The number of fused-ring (bicyclic) bond motifs is 1. The van der Waals surface area contributed by atoms with Crippen molar-refractivity contribution in [1.29, 1.82) is 0 Å². The molecule has 1 aliphatic carbocycles. The summed E-state index contributed by atoms with van der Waals surface area (Å²) in [5.74, 6) is -0.311. The van der Waals surface area contributed by atoms with Crippen LogP contribution in [0.4, 0.5) is 0 Å². The third-order valence-corrected chi connectivity index (χ3v) is 5.91. The number of ketones is 2. The quantitative estimate of drug-likeness (QED) is 0.711. The maximum Gasteiger partial charge on any atom is 0.249 e. The Hall–Kier alpha value is -2.53. The van der Waals surface area contributed by atoms with Gasteiger partial charge >= 0.3 is 0 Å². The van der Waals surface area contributed by atoms with Crippen molar-refractivity contribution in [2.45, 2.75) is 40.0 Å². The van der Waals surface area contributed by atoms with Crippen molar-refractivity contribution >= 4 is 17.5 Å². The van der Waals surface area contributed by atoms with Gasteiger partial charge in [-0.15, -0.1) is 0 Å². The van der Waals surface area contributed by atoms with E-state index in [2.05, 4.69) is 18.7 Å². The lowest BCUT2D eigenvalue weighted by Gasteiger charge is -2.34. The summed E-state index contributed by atoms with van der Waals surface area (Å²) in [6.45, 7) is 10.0. The highest BCUT2D eigenvalue weighted by Crippen LogP contribution is 2.28. The molecule has 1 aliphatic heterocycles. The fourth-order valence-corrected chi connectivity index (χ4v) is 3.95. The molecule has 3 rings (SSSR count). The molecule has 0 saturated carbocycles. The van der Waals surface area contributed by atoms with Crippen molar-refractivity contribution in [3.05, 3.63) is 58.2 Å². The topological polar surface area (TPSA) is 57.7 Å². The van der Waals surface area contributed by atoms with Crippen molar-refractivity contribution in [3.8, 4) is 0 Å². The van der Waals surface area contributed by atoms with Crippen LogP contribution in [0.5, 0.6) is 0 Å². The van der Waals surface area contributed by atoms with Crippen LogP contribution >= 0.6 is 0 Å². The van der Waals surface area contributed by atoms with Crippen molar-refractivity contribution < 1.29 is 14.4 Å². The number of piperazine rings is 1. The zero-order chi connectivity index (χ0) is 21.0. The highest BCUT2D eigenvalue weighted by Gasteiger charge is 2.30. The smallest absolute Gasteiger partial charge is 0.249 e. The van der Waals surface area contributed by atoms with Crippen LogP contribution in [0, 0.1) is 0 Å². The zero-order valence-electron chi connectivity index (χ0n) is 17.7. The first-order valence-corrected chi connectivity index (χ1v) is 10.6. The summed E-state index contributed by atoms with van der Waals surface area (Å²) in [6, 6.07) is 6.91. The van der Waals surface area contributed by atoms with E-state index in [-0.39, 0.29) is 17.5 Å². The maximum atomic E-state index is 13.2. The largest absolute Gasteiger partial charge is 0.336 e. The van der Waals surface area contributed by atoms with Crippen molar-refractivity contribution in [1.82, 2.24) is 9.80 Å². The summed E-state index contributed by atoms with van der Waals surface area (Å²) in [5.41, 5.74) is 2.29. The second kappa shape index (κ2) is 9.31. The third kappa shape index (κ3) is 4.40. The van der Waals surface area contributed by atoms with E-state index in [0.717, 1.165) is 32.5 Å². The number of likely N-dealkylation sites (N-methyl/N-ethyl adjacent to an activating group) is 1. The first kappa shape index (κ1) is 21.2. The number of allylic oxidation sites excluding steroid dienone is 3. The fourth-order valence-electron chi connectivity index (χ4n) is 3.95. The average Bonchev–Trinajstić information content (AvgIpc) is 2.76. The zero-order valence-corrected chi connectivity index (χ0v) is 17.7. The Morgan fingerprint density at radius 2 is 1.69 bits per heavy atom. The summed E-state index contributed by atoms with van der Waals surface area (Å²) >= 11 is 0. The lowest BCUT2D eigenvalue weighted by molar-refractivity contribution is -0.129. The van der Waals surface area contributed by atoms with Gasteiger partial charge in [0.15, 0.2) is 11.6 Å². The molecule has 1 saturated heterocycles. The number of rotatable bonds is 6. The molecule has 5 nitrogen and oxygen atoms in total. The molecule has 0 aromatic heterocycles. The molecule has 1 heterocycles. The first-order valence-electron chi connectivity index (χ1n) is 10.6. The average molecular weight is 376 g/mol. The van der Waals surface area contributed by atoms with Gasteiger partial charge in [-0.05, 0) is 32.4 Å². The van der Waals surface area contributed by atoms with Gasteiger partial charge in [0.25, 0.3) is 0 Å². The number of hydrogen-bond donors (Lipinski definition) is 0. The number of unbranched alkanes of at least 4 members (excludes halogenated alkanes) is 1. The molecule has 0 unspecified atom stereocenters.